The second kappa shape index (κ2) is 4.88. The van der Waals surface area contributed by atoms with Gasteiger partial charge in [0.25, 0.3) is 0 Å². The van der Waals surface area contributed by atoms with Crippen molar-refractivity contribution in [1.29, 1.82) is 0 Å². The van der Waals surface area contributed by atoms with Crippen LogP contribution in [-0.4, -0.2) is 20.2 Å². The van der Waals surface area contributed by atoms with E-state index in [0.29, 0.717) is 6.04 Å². The number of ether oxygens (including phenoxy) is 1. The first-order chi connectivity index (χ1) is 7.76. The molecule has 3 unspecified atom stereocenters. The van der Waals surface area contributed by atoms with E-state index in [0.717, 1.165) is 24.0 Å². The average Bonchev–Trinajstić information content (AvgIpc) is 3.03. The Morgan fingerprint density at radius 2 is 2.12 bits per heavy atom. The predicted octanol–water partition coefficient (Wildman–Crippen LogP) is 2.48. The Hall–Kier alpha value is -1.02. The second-order valence-electron chi connectivity index (χ2n) is 4.79. The molecule has 1 aromatic rings. The van der Waals surface area contributed by atoms with E-state index < -0.39 is 0 Å². The standard InChI is InChI=1S/C14H21NO/c1-10-8-12(10)13(15-2)9-11-6-4-5-7-14(11)16-3/h4-7,10,12-13,15H,8-9H2,1-3H3. The Kier molecular flexibility index (Phi) is 3.49. The third kappa shape index (κ3) is 2.38. The van der Waals surface area contributed by atoms with Crippen LogP contribution in [0, 0.1) is 11.8 Å². The number of rotatable bonds is 5. The fourth-order valence-electron chi connectivity index (χ4n) is 2.49. The van der Waals surface area contributed by atoms with Crippen LogP contribution in [0.1, 0.15) is 18.9 Å². The lowest BCUT2D eigenvalue weighted by Crippen LogP contribution is -2.30. The molecule has 0 saturated heterocycles. The summed E-state index contributed by atoms with van der Waals surface area (Å²) in [5, 5.41) is 3.44. The van der Waals surface area contributed by atoms with E-state index in [9.17, 15) is 0 Å². The maximum Gasteiger partial charge on any atom is 0.122 e. The fourth-order valence-corrected chi connectivity index (χ4v) is 2.49. The van der Waals surface area contributed by atoms with Crippen molar-refractivity contribution in [1.82, 2.24) is 5.32 Å². The highest BCUT2D eigenvalue weighted by atomic mass is 16.5. The minimum absolute atomic E-state index is 0.589. The van der Waals surface area contributed by atoms with Crippen molar-refractivity contribution in [2.75, 3.05) is 14.2 Å². The SMILES string of the molecule is CNC(Cc1ccccc1OC)C1CC1C. The summed E-state index contributed by atoms with van der Waals surface area (Å²) >= 11 is 0. The zero-order valence-electron chi connectivity index (χ0n) is 10.4. The number of hydrogen-bond acceptors (Lipinski definition) is 2. The molecule has 2 rings (SSSR count). The van der Waals surface area contributed by atoms with Gasteiger partial charge in [0.05, 0.1) is 7.11 Å². The number of nitrogens with one attached hydrogen (secondary N) is 1. The van der Waals surface area contributed by atoms with Gasteiger partial charge in [0.2, 0.25) is 0 Å². The molecule has 0 heterocycles. The van der Waals surface area contributed by atoms with Gasteiger partial charge in [0, 0.05) is 6.04 Å². The topological polar surface area (TPSA) is 21.3 Å². The minimum Gasteiger partial charge on any atom is -0.496 e. The van der Waals surface area contributed by atoms with E-state index in [1.807, 2.05) is 12.1 Å². The van der Waals surface area contributed by atoms with E-state index in [2.05, 4.69) is 31.4 Å². The molecular formula is C14H21NO. The van der Waals surface area contributed by atoms with Gasteiger partial charge in [-0.3, -0.25) is 0 Å². The second-order valence-corrected chi connectivity index (χ2v) is 4.79. The summed E-state index contributed by atoms with van der Waals surface area (Å²) in [5.74, 6) is 2.73. The molecule has 1 aromatic carbocycles. The van der Waals surface area contributed by atoms with Crippen molar-refractivity contribution >= 4 is 0 Å². The molecule has 1 fully saturated rings. The summed E-state index contributed by atoms with van der Waals surface area (Å²) in [6.07, 6.45) is 2.43. The van der Waals surface area contributed by atoms with Crippen LogP contribution < -0.4 is 10.1 Å². The monoisotopic (exact) mass is 219 g/mol. The van der Waals surface area contributed by atoms with E-state index >= 15 is 0 Å². The quantitative estimate of drug-likeness (QED) is 0.821. The highest BCUT2D eigenvalue weighted by Gasteiger charge is 2.38. The third-order valence-corrected chi connectivity index (χ3v) is 3.69. The molecule has 0 aliphatic heterocycles. The Morgan fingerprint density at radius 1 is 1.44 bits per heavy atom. The number of likely N-dealkylation sites (N-methyl/N-ethyl adjacent to an activating group) is 1. The molecular weight excluding hydrogens is 198 g/mol. The summed E-state index contributed by atoms with van der Waals surface area (Å²) in [5.41, 5.74) is 1.31. The zero-order chi connectivity index (χ0) is 11.5. The van der Waals surface area contributed by atoms with Gasteiger partial charge in [0.1, 0.15) is 5.75 Å². The van der Waals surface area contributed by atoms with Crippen LogP contribution in [0.25, 0.3) is 0 Å². The molecule has 16 heavy (non-hydrogen) atoms. The van der Waals surface area contributed by atoms with Crippen molar-refractivity contribution in [3.63, 3.8) is 0 Å². The minimum atomic E-state index is 0.589. The molecule has 0 bridgehead atoms. The van der Waals surface area contributed by atoms with E-state index in [-0.39, 0.29) is 0 Å². The van der Waals surface area contributed by atoms with Crippen LogP contribution in [0.4, 0.5) is 0 Å². The third-order valence-electron chi connectivity index (χ3n) is 3.69. The summed E-state index contributed by atoms with van der Waals surface area (Å²) in [6.45, 7) is 2.33. The molecule has 1 N–H and O–H groups in total. The number of methoxy groups -OCH3 is 1. The largest absolute Gasteiger partial charge is 0.496 e. The highest BCUT2D eigenvalue weighted by Crippen LogP contribution is 2.41. The summed E-state index contributed by atoms with van der Waals surface area (Å²) in [4.78, 5) is 0. The van der Waals surface area contributed by atoms with Gasteiger partial charge in [-0.1, -0.05) is 25.1 Å². The molecule has 2 nitrogen and oxygen atoms in total. The van der Waals surface area contributed by atoms with Crippen LogP contribution in [0.3, 0.4) is 0 Å². The Balaban J connectivity index is 2.06. The molecule has 0 radical (unpaired) electrons. The van der Waals surface area contributed by atoms with Crippen LogP contribution in [0.5, 0.6) is 5.75 Å². The van der Waals surface area contributed by atoms with Crippen LogP contribution in [0.2, 0.25) is 0 Å². The zero-order valence-corrected chi connectivity index (χ0v) is 10.4. The van der Waals surface area contributed by atoms with E-state index in [4.69, 9.17) is 4.74 Å². The van der Waals surface area contributed by atoms with Gasteiger partial charge < -0.3 is 10.1 Å². The fraction of sp³-hybridized carbons (Fsp3) is 0.571. The predicted molar refractivity (Wildman–Crippen MR) is 66.8 cm³/mol. The first-order valence-electron chi connectivity index (χ1n) is 6.05. The molecule has 1 aliphatic carbocycles. The van der Waals surface area contributed by atoms with Gasteiger partial charge >= 0.3 is 0 Å². The normalized spacial score (nSPS) is 25.2. The molecule has 3 atom stereocenters. The Morgan fingerprint density at radius 3 is 2.69 bits per heavy atom. The molecule has 1 aliphatic rings. The maximum atomic E-state index is 5.39. The van der Waals surface area contributed by atoms with Crippen molar-refractivity contribution in [3.05, 3.63) is 29.8 Å². The molecule has 0 amide bonds. The molecule has 1 saturated carbocycles. The van der Waals surface area contributed by atoms with Crippen molar-refractivity contribution in [2.24, 2.45) is 11.8 Å². The van der Waals surface area contributed by atoms with Gasteiger partial charge in [-0.05, 0) is 43.4 Å². The van der Waals surface area contributed by atoms with Crippen LogP contribution >= 0.6 is 0 Å². The van der Waals surface area contributed by atoms with Gasteiger partial charge in [-0.25, -0.2) is 0 Å². The lowest BCUT2D eigenvalue weighted by molar-refractivity contribution is 0.401. The smallest absolute Gasteiger partial charge is 0.122 e. The Bertz CT molecular complexity index is 350. The molecule has 2 heteroatoms. The first kappa shape index (κ1) is 11.5. The van der Waals surface area contributed by atoms with Crippen molar-refractivity contribution in [2.45, 2.75) is 25.8 Å². The van der Waals surface area contributed by atoms with E-state index in [1.54, 1.807) is 7.11 Å². The van der Waals surface area contributed by atoms with Crippen LogP contribution in [0.15, 0.2) is 24.3 Å². The summed E-state index contributed by atoms with van der Waals surface area (Å²) < 4.78 is 5.39. The molecule has 0 spiro atoms. The van der Waals surface area contributed by atoms with Crippen molar-refractivity contribution in [3.8, 4) is 5.75 Å². The highest BCUT2D eigenvalue weighted by molar-refractivity contribution is 5.34. The van der Waals surface area contributed by atoms with Gasteiger partial charge in [-0.2, -0.15) is 0 Å². The first-order valence-corrected chi connectivity index (χ1v) is 6.05. The maximum absolute atomic E-state index is 5.39. The number of benzene rings is 1. The lowest BCUT2D eigenvalue weighted by Gasteiger charge is -2.17. The van der Waals surface area contributed by atoms with Crippen LogP contribution in [-0.2, 0) is 6.42 Å². The average molecular weight is 219 g/mol. The van der Waals surface area contributed by atoms with E-state index in [1.165, 1.54) is 12.0 Å². The van der Waals surface area contributed by atoms with Gasteiger partial charge in [-0.15, -0.1) is 0 Å². The number of hydrogen-bond donors (Lipinski definition) is 1. The molecule has 88 valence electrons. The lowest BCUT2D eigenvalue weighted by atomic mass is 10.0. The molecule has 0 aromatic heterocycles. The van der Waals surface area contributed by atoms with Crippen molar-refractivity contribution < 1.29 is 4.74 Å². The Labute approximate surface area is 98.0 Å². The number of para-hydroxylation sites is 1. The summed E-state index contributed by atoms with van der Waals surface area (Å²) in [7, 11) is 3.80. The summed E-state index contributed by atoms with van der Waals surface area (Å²) in [6, 6.07) is 8.90. The van der Waals surface area contributed by atoms with Gasteiger partial charge in [0.15, 0.2) is 0 Å².